The molecule has 0 bridgehead atoms. The number of hydrogen-bond acceptors (Lipinski definition) is 4. The standard InChI is InChI=1S/C18H24FNO4S/c1-4-24-14-11-18(16(22)23,17(14,2)3)20-15(21)9-10-25-13-8-6-5-7-12(13)19/h5-8,14H,4,9-11H2,1-3H3,(H,20,21)(H,22,23). The Kier molecular flexibility index (Phi) is 6.11. The molecule has 7 heteroatoms. The quantitative estimate of drug-likeness (QED) is 0.689. The van der Waals surface area contributed by atoms with Crippen LogP contribution in [0.2, 0.25) is 0 Å². The van der Waals surface area contributed by atoms with Gasteiger partial charge in [-0.25, -0.2) is 9.18 Å². The van der Waals surface area contributed by atoms with Crippen molar-refractivity contribution in [3.8, 4) is 0 Å². The van der Waals surface area contributed by atoms with Crippen molar-refractivity contribution in [3.63, 3.8) is 0 Å². The molecular formula is C18H24FNO4S. The molecule has 2 atom stereocenters. The summed E-state index contributed by atoms with van der Waals surface area (Å²) in [6, 6.07) is 6.36. The molecule has 0 radical (unpaired) electrons. The fourth-order valence-corrected chi connectivity index (χ4v) is 4.04. The molecule has 1 aliphatic carbocycles. The van der Waals surface area contributed by atoms with Crippen LogP contribution in [0.3, 0.4) is 0 Å². The van der Waals surface area contributed by atoms with E-state index in [1.165, 1.54) is 17.8 Å². The van der Waals surface area contributed by atoms with Crippen molar-refractivity contribution in [1.29, 1.82) is 0 Å². The lowest BCUT2D eigenvalue weighted by Crippen LogP contribution is -2.76. The van der Waals surface area contributed by atoms with Crippen molar-refractivity contribution >= 4 is 23.6 Å². The van der Waals surface area contributed by atoms with E-state index in [1.54, 1.807) is 32.0 Å². The summed E-state index contributed by atoms with van der Waals surface area (Å²) in [6.07, 6.45) is 0.153. The average Bonchev–Trinajstić information content (AvgIpc) is 2.55. The molecule has 1 aromatic carbocycles. The third kappa shape index (κ3) is 3.82. The Morgan fingerprint density at radius 3 is 2.64 bits per heavy atom. The zero-order valence-electron chi connectivity index (χ0n) is 14.7. The molecule has 0 aliphatic heterocycles. The first-order valence-corrected chi connectivity index (χ1v) is 9.26. The minimum absolute atomic E-state index is 0.114. The maximum absolute atomic E-state index is 13.6. The van der Waals surface area contributed by atoms with Gasteiger partial charge in [-0.3, -0.25) is 4.79 Å². The van der Waals surface area contributed by atoms with E-state index < -0.39 is 16.9 Å². The maximum atomic E-state index is 13.6. The first kappa shape index (κ1) is 19.7. The summed E-state index contributed by atoms with van der Waals surface area (Å²) >= 11 is 1.24. The molecule has 2 rings (SSSR count). The SMILES string of the molecule is CCOC1CC(NC(=O)CCSc2ccccc2F)(C(=O)O)C1(C)C. The van der Waals surface area contributed by atoms with Crippen LogP contribution in [0.5, 0.6) is 0 Å². The van der Waals surface area contributed by atoms with E-state index >= 15 is 0 Å². The number of carboxylic acid groups (broad SMARTS) is 1. The number of hydrogen-bond donors (Lipinski definition) is 2. The molecule has 1 amide bonds. The van der Waals surface area contributed by atoms with E-state index in [2.05, 4.69) is 5.32 Å². The van der Waals surface area contributed by atoms with Gasteiger partial charge < -0.3 is 15.2 Å². The first-order valence-electron chi connectivity index (χ1n) is 8.28. The number of rotatable bonds is 8. The highest BCUT2D eigenvalue weighted by molar-refractivity contribution is 7.99. The fraction of sp³-hybridized carbons (Fsp3) is 0.556. The lowest BCUT2D eigenvalue weighted by atomic mass is 9.54. The minimum Gasteiger partial charge on any atom is -0.479 e. The van der Waals surface area contributed by atoms with Crippen LogP contribution in [0, 0.1) is 11.2 Å². The van der Waals surface area contributed by atoms with Gasteiger partial charge in [-0.15, -0.1) is 11.8 Å². The Morgan fingerprint density at radius 1 is 1.40 bits per heavy atom. The summed E-state index contributed by atoms with van der Waals surface area (Å²) in [7, 11) is 0. The second-order valence-electron chi connectivity index (χ2n) is 6.66. The molecule has 0 saturated heterocycles. The summed E-state index contributed by atoms with van der Waals surface area (Å²) in [5, 5.41) is 12.4. The predicted octanol–water partition coefficient (Wildman–Crippen LogP) is 3.08. The van der Waals surface area contributed by atoms with Crippen LogP contribution in [0.15, 0.2) is 29.2 Å². The molecule has 2 unspecified atom stereocenters. The van der Waals surface area contributed by atoms with Crippen molar-refractivity contribution in [2.45, 2.75) is 50.2 Å². The van der Waals surface area contributed by atoms with Gasteiger partial charge in [0.05, 0.1) is 6.10 Å². The largest absolute Gasteiger partial charge is 0.479 e. The Balaban J connectivity index is 1.94. The zero-order chi connectivity index (χ0) is 18.7. The van der Waals surface area contributed by atoms with Crippen LogP contribution in [0.25, 0.3) is 0 Å². The van der Waals surface area contributed by atoms with Crippen molar-refractivity contribution < 1.29 is 23.8 Å². The van der Waals surface area contributed by atoms with E-state index in [-0.39, 0.29) is 30.7 Å². The normalized spacial score (nSPS) is 24.4. The molecule has 2 N–H and O–H groups in total. The smallest absolute Gasteiger partial charge is 0.330 e. The maximum Gasteiger partial charge on any atom is 0.330 e. The van der Waals surface area contributed by atoms with E-state index in [0.717, 1.165) is 0 Å². The number of ether oxygens (including phenoxy) is 1. The molecule has 1 fully saturated rings. The first-order chi connectivity index (χ1) is 11.7. The lowest BCUT2D eigenvalue weighted by Gasteiger charge is -2.58. The molecule has 1 saturated carbocycles. The molecule has 0 heterocycles. The number of thioether (sulfide) groups is 1. The summed E-state index contributed by atoms with van der Waals surface area (Å²) in [6.45, 7) is 5.94. The monoisotopic (exact) mass is 369 g/mol. The summed E-state index contributed by atoms with van der Waals surface area (Å²) in [4.78, 5) is 24.6. The van der Waals surface area contributed by atoms with Crippen LogP contribution < -0.4 is 5.32 Å². The third-order valence-electron chi connectivity index (χ3n) is 4.91. The van der Waals surface area contributed by atoms with Crippen molar-refractivity contribution in [2.24, 2.45) is 5.41 Å². The molecule has 138 valence electrons. The fourth-order valence-electron chi connectivity index (χ4n) is 3.15. The van der Waals surface area contributed by atoms with Crippen LogP contribution in [0.1, 0.15) is 33.6 Å². The van der Waals surface area contributed by atoms with Gasteiger partial charge in [0.15, 0.2) is 0 Å². The number of aliphatic carboxylic acids is 1. The second kappa shape index (κ2) is 7.74. The van der Waals surface area contributed by atoms with Gasteiger partial charge in [0.2, 0.25) is 5.91 Å². The van der Waals surface area contributed by atoms with Gasteiger partial charge in [-0.05, 0) is 19.1 Å². The highest BCUT2D eigenvalue weighted by Gasteiger charge is 2.66. The van der Waals surface area contributed by atoms with Gasteiger partial charge in [-0.2, -0.15) is 0 Å². The lowest BCUT2D eigenvalue weighted by molar-refractivity contribution is -0.194. The number of amides is 1. The van der Waals surface area contributed by atoms with E-state index in [4.69, 9.17) is 4.74 Å². The van der Waals surface area contributed by atoms with Crippen LogP contribution >= 0.6 is 11.8 Å². The van der Waals surface area contributed by atoms with Crippen LogP contribution in [0.4, 0.5) is 4.39 Å². The van der Waals surface area contributed by atoms with Gasteiger partial charge in [-0.1, -0.05) is 26.0 Å². The van der Waals surface area contributed by atoms with Gasteiger partial charge in [0.1, 0.15) is 11.4 Å². The molecule has 0 aromatic heterocycles. The van der Waals surface area contributed by atoms with Gasteiger partial charge >= 0.3 is 5.97 Å². The van der Waals surface area contributed by atoms with E-state index in [0.29, 0.717) is 17.3 Å². The zero-order valence-corrected chi connectivity index (χ0v) is 15.5. The number of halogens is 1. The molecule has 0 spiro atoms. The highest BCUT2D eigenvalue weighted by Crippen LogP contribution is 2.51. The number of carbonyl (C=O) groups is 2. The van der Waals surface area contributed by atoms with E-state index in [1.807, 2.05) is 6.92 Å². The summed E-state index contributed by atoms with van der Waals surface area (Å²) in [5.41, 5.74) is -2.03. The number of carbonyl (C=O) groups excluding carboxylic acids is 1. The number of nitrogens with one attached hydrogen (secondary N) is 1. The molecule has 25 heavy (non-hydrogen) atoms. The Morgan fingerprint density at radius 2 is 2.08 bits per heavy atom. The molecule has 5 nitrogen and oxygen atoms in total. The Labute approximate surface area is 151 Å². The van der Waals surface area contributed by atoms with Gasteiger partial charge in [0, 0.05) is 35.5 Å². The Hall–Kier alpha value is -1.60. The molecule has 1 aliphatic rings. The second-order valence-corrected chi connectivity index (χ2v) is 7.79. The third-order valence-corrected chi connectivity index (χ3v) is 5.96. The average molecular weight is 369 g/mol. The van der Waals surface area contributed by atoms with Crippen molar-refractivity contribution in [3.05, 3.63) is 30.1 Å². The minimum atomic E-state index is -1.33. The van der Waals surface area contributed by atoms with Crippen LogP contribution in [-0.4, -0.2) is 41.0 Å². The van der Waals surface area contributed by atoms with Crippen molar-refractivity contribution in [1.82, 2.24) is 5.32 Å². The van der Waals surface area contributed by atoms with Crippen LogP contribution in [-0.2, 0) is 14.3 Å². The van der Waals surface area contributed by atoms with E-state index in [9.17, 15) is 19.1 Å². The summed E-state index contributed by atoms with van der Waals surface area (Å²) < 4.78 is 19.1. The summed E-state index contributed by atoms with van der Waals surface area (Å²) in [5.74, 6) is -1.36. The molecular weight excluding hydrogens is 345 g/mol. The highest BCUT2D eigenvalue weighted by atomic mass is 32.2. The van der Waals surface area contributed by atoms with Gasteiger partial charge in [0.25, 0.3) is 0 Å². The number of carboxylic acids is 1. The number of benzene rings is 1. The topological polar surface area (TPSA) is 75.6 Å². The molecule has 1 aromatic rings. The Bertz CT molecular complexity index is 652. The van der Waals surface area contributed by atoms with Crippen molar-refractivity contribution in [2.75, 3.05) is 12.4 Å². The predicted molar refractivity (Wildman–Crippen MR) is 94.1 cm³/mol.